The van der Waals surface area contributed by atoms with Crippen LogP contribution in [0.1, 0.15) is 5.56 Å². The van der Waals surface area contributed by atoms with Gasteiger partial charge in [0.1, 0.15) is 18.0 Å². The number of hydrogen-bond donors (Lipinski definition) is 2. The summed E-state index contributed by atoms with van der Waals surface area (Å²) in [4.78, 5) is 10.7. The van der Waals surface area contributed by atoms with Crippen LogP contribution in [-0.4, -0.2) is 18.1 Å². The number of anilines is 2. The van der Waals surface area contributed by atoms with E-state index in [0.717, 1.165) is 0 Å². The molecule has 110 valence electrons. The Balaban J connectivity index is 1.90. The molecule has 0 spiro atoms. The second-order valence-corrected chi connectivity index (χ2v) is 4.57. The van der Waals surface area contributed by atoms with Crippen molar-refractivity contribution in [3.63, 3.8) is 0 Å². The lowest BCUT2D eigenvalue weighted by molar-refractivity contribution is -0.384. The highest BCUT2D eigenvalue weighted by Crippen LogP contribution is 2.27. The fraction of sp³-hybridized carbons (Fsp3) is 0.200. The van der Waals surface area contributed by atoms with E-state index in [0.29, 0.717) is 35.8 Å². The fourth-order valence-electron chi connectivity index (χ4n) is 1.96. The summed E-state index contributed by atoms with van der Waals surface area (Å²) < 4.78 is 5.53. The van der Waals surface area contributed by atoms with E-state index >= 15 is 0 Å². The molecule has 0 aliphatic carbocycles. The molecule has 0 amide bonds. The molecule has 2 aromatic carbocycles. The van der Waals surface area contributed by atoms with Crippen LogP contribution < -0.4 is 15.8 Å². The highest BCUT2D eigenvalue weighted by Gasteiger charge is 2.15. The number of benzene rings is 2. The summed E-state index contributed by atoms with van der Waals surface area (Å²) in [6, 6.07) is 12.3. The van der Waals surface area contributed by atoms with Crippen LogP contribution in [-0.2, 0) is 0 Å². The monoisotopic (exact) mass is 287 g/mol. The van der Waals surface area contributed by atoms with Crippen LogP contribution in [0.15, 0.2) is 42.5 Å². The Kier molecular flexibility index (Phi) is 4.61. The summed E-state index contributed by atoms with van der Waals surface area (Å²) in [6.45, 7) is 2.58. The van der Waals surface area contributed by atoms with Gasteiger partial charge in [-0.15, -0.1) is 0 Å². The molecule has 0 atom stereocenters. The Labute approximate surface area is 122 Å². The van der Waals surface area contributed by atoms with Crippen molar-refractivity contribution in [3.8, 4) is 5.75 Å². The van der Waals surface area contributed by atoms with Crippen LogP contribution in [0.2, 0.25) is 0 Å². The molecule has 0 saturated carbocycles. The van der Waals surface area contributed by atoms with Gasteiger partial charge in [0.25, 0.3) is 5.69 Å². The third-order valence-corrected chi connectivity index (χ3v) is 2.99. The maximum absolute atomic E-state index is 11.1. The number of nitrogens with zero attached hydrogens (tertiary/aromatic N) is 1. The van der Waals surface area contributed by atoms with Crippen molar-refractivity contribution in [3.05, 3.63) is 58.1 Å². The van der Waals surface area contributed by atoms with E-state index in [1.807, 2.05) is 0 Å². The molecular formula is C15H17N3O3. The normalized spacial score (nSPS) is 10.1. The lowest BCUT2D eigenvalue weighted by Gasteiger charge is -2.10. The molecule has 6 nitrogen and oxygen atoms in total. The minimum atomic E-state index is -0.376. The molecule has 0 bridgehead atoms. The Hall–Kier alpha value is -2.76. The zero-order valence-electron chi connectivity index (χ0n) is 11.7. The van der Waals surface area contributed by atoms with E-state index in [2.05, 4.69) is 5.32 Å². The van der Waals surface area contributed by atoms with Gasteiger partial charge in [-0.3, -0.25) is 10.1 Å². The zero-order valence-corrected chi connectivity index (χ0v) is 11.7. The number of hydrogen-bond acceptors (Lipinski definition) is 5. The van der Waals surface area contributed by atoms with E-state index in [9.17, 15) is 10.1 Å². The molecule has 0 saturated heterocycles. The Morgan fingerprint density at radius 2 is 1.95 bits per heavy atom. The maximum atomic E-state index is 11.1. The van der Waals surface area contributed by atoms with Gasteiger partial charge in [0.05, 0.1) is 4.92 Å². The van der Waals surface area contributed by atoms with Gasteiger partial charge in [-0.05, 0) is 37.3 Å². The van der Waals surface area contributed by atoms with Crippen molar-refractivity contribution >= 4 is 17.1 Å². The number of aryl methyl sites for hydroxylation is 1. The number of nitrogens with two attached hydrogens (primary N) is 1. The first kappa shape index (κ1) is 14.6. The Bertz CT molecular complexity index is 627. The first-order chi connectivity index (χ1) is 10.1. The molecule has 0 heterocycles. The predicted molar refractivity (Wildman–Crippen MR) is 82.7 cm³/mol. The number of para-hydroxylation sites is 1. The third kappa shape index (κ3) is 3.85. The summed E-state index contributed by atoms with van der Waals surface area (Å²) in [7, 11) is 0. The van der Waals surface area contributed by atoms with E-state index in [1.54, 1.807) is 49.4 Å². The molecular weight excluding hydrogens is 270 g/mol. The molecule has 0 unspecified atom stereocenters. The summed E-state index contributed by atoms with van der Waals surface area (Å²) in [6.07, 6.45) is 0. The summed E-state index contributed by atoms with van der Waals surface area (Å²) >= 11 is 0. The SMILES string of the molecule is Cc1cccc(NCCOc2ccc(N)cc2)c1[N+](=O)[O-]. The van der Waals surface area contributed by atoms with Crippen LogP contribution >= 0.6 is 0 Å². The van der Waals surface area contributed by atoms with Gasteiger partial charge in [-0.1, -0.05) is 12.1 Å². The Morgan fingerprint density at radius 1 is 1.24 bits per heavy atom. The lowest BCUT2D eigenvalue weighted by Crippen LogP contribution is -2.12. The van der Waals surface area contributed by atoms with Crippen LogP contribution in [0.4, 0.5) is 17.1 Å². The summed E-state index contributed by atoms with van der Waals surface area (Å²) in [5.41, 5.74) is 7.49. The molecule has 0 aliphatic rings. The largest absolute Gasteiger partial charge is 0.492 e. The van der Waals surface area contributed by atoms with Gasteiger partial charge in [0.2, 0.25) is 0 Å². The summed E-state index contributed by atoms with van der Waals surface area (Å²) in [5, 5.41) is 14.1. The van der Waals surface area contributed by atoms with Crippen LogP contribution in [0.5, 0.6) is 5.75 Å². The molecule has 0 radical (unpaired) electrons. The number of ether oxygens (including phenoxy) is 1. The molecule has 2 aromatic rings. The first-order valence-corrected chi connectivity index (χ1v) is 6.54. The van der Waals surface area contributed by atoms with Crippen molar-refractivity contribution in [2.24, 2.45) is 0 Å². The molecule has 0 aliphatic heterocycles. The average molecular weight is 287 g/mol. The molecule has 3 N–H and O–H groups in total. The highest BCUT2D eigenvalue weighted by atomic mass is 16.6. The van der Waals surface area contributed by atoms with E-state index < -0.39 is 0 Å². The minimum Gasteiger partial charge on any atom is -0.492 e. The number of nitrogens with one attached hydrogen (secondary N) is 1. The fourth-order valence-corrected chi connectivity index (χ4v) is 1.96. The molecule has 0 aromatic heterocycles. The predicted octanol–water partition coefficient (Wildman–Crippen LogP) is 2.98. The standard InChI is InChI=1S/C15H17N3O3/c1-11-3-2-4-14(15(11)18(19)20)17-9-10-21-13-7-5-12(16)6-8-13/h2-8,17H,9-10,16H2,1H3. The minimum absolute atomic E-state index is 0.102. The van der Waals surface area contributed by atoms with Crippen molar-refractivity contribution in [1.82, 2.24) is 0 Å². The van der Waals surface area contributed by atoms with Crippen LogP contribution in [0, 0.1) is 17.0 Å². The van der Waals surface area contributed by atoms with Gasteiger partial charge >= 0.3 is 0 Å². The topological polar surface area (TPSA) is 90.4 Å². The second kappa shape index (κ2) is 6.60. The molecule has 0 fully saturated rings. The van der Waals surface area contributed by atoms with Gasteiger partial charge < -0.3 is 15.8 Å². The zero-order chi connectivity index (χ0) is 15.2. The number of nitro benzene ring substituents is 1. The van der Waals surface area contributed by atoms with Crippen LogP contribution in [0.3, 0.4) is 0 Å². The first-order valence-electron chi connectivity index (χ1n) is 6.54. The van der Waals surface area contributed by atoms with E-state index in [4.69, 9.17) is 10.5 Å². The van der Waals surface area contributed by atoms with Crippen molar-refractivity contribution in [2.45, 2.75) is 6.92 Å². The smallest absolute Gasteiger partial charge is 0.295 e. The highest BCUT2D eigenvalue weighted by molar-refractivity contribution is 5.64. The lowest BCUT2D eigenvalue weighted by atomic mass is 10.1. The van der Waals surface area contributed by atoms with Gasteiger partial charge in [-0.2, -0.15) is 0 Å². The number of nitro groups is 1. The van der Waals surface area contributed by atoms with Crippen LogP contribution in [0.25, 0.3) is 0 Å². The number of rotatable bonds is 6. The molecule has 21 heavy (non-hydrogen) atoms. The van der Waals surface area contributed by atoms with Gasteiger partial charge in [-0.25, -0.2) is 0 Å². The quantitative estimate of drug-likeness (QED) is 0.369. The van der Waals surface area contributed by atoms with Crippen molar-refractivity contribution in [1.29, 1.82) is 0 Å². The Morgan fingerprint density at radius 3 is 2.62 bits per heavy atom. The average Bonchev–Trinajstić information content (AvgIpc) is 2.45. The van der Waals surface area contributed by atoms with E-state index in [-0.39, 0.29) is 10.6 Å². The molecule has 2 rings (SSSR count). The van der Waals surface area contributed by atoms with E-state index in [1.165, 1.54) is 0 Å². The maximum Gasteiger partial charge on any atom is 0.295 e. The summed E-state index contributed by atoms with van der Waals surface area (Å²) in [5.74, 6) is 0.713. The van der Waals surface area contributed by atoms with Crippen molar-refractivity contribution in [2.75, 3.05) is 24.2 Å². The van der Waals surface area contributed by atoms with Gasteiger partial charge in [0, 0.05) is 17.8 Å². The van der Waals surface area contributed by atoms with Crippen molar-refractivity contribution < 1.29 is 9.66 Å². The van der Waals surface area contributed by atoms with Gasteiger partial charge in [0.15, 0.2) is 0 Å². The third-order valence-electron chi connectivity index (χ3n) is 2.99. The molecule has 6 heteroatoms. The number of nitrogen functional groups attached to an aromatic ring is 1. The second-order valence-electron chi connectivity index (χ2n) is 4.57.